The molecule has 1 aliphatic heterocycles. The van der Waals surface area contributed by atoms with Crippen LogP contribution in [0.15, 0.2) is 0 Å². The molecule has 0 spiro atoms. The smallest absolute Gasteiger partial charge is 0.0586 e. The number of hydrogen-bond acceptors (Lipinski definition) is 2. The Kier molecular flexibility index (Phi) is 4.04. The van der Waals surface area contributed by atoms with Crippen LogP contribution in [0.5, 0.6) is 0 Å². The Labute approximate surface area is 93.7 Å². The normalized spacial score (nSPS) is 38.4. The molecule has 0 aromatic carbocycles. The number of rotatable bonds is 3. The third-order valence-corrected chi connectivity index (χ3v) is 4.45. The predicted molar refractivity (Wildman–Crippen MR) is 62.9 cm³/mol. The van der Waals surface area contributed by atoms with Crippen LogP contribution in [0.25, 0.3) is 0 Å². The molecular formula is C13H25NO. The lowest BCUT2D eigenvalue weighted by Crippen LogP contribution is -2.46. The average Bonchev–Trinajstić information content (AvgIpc) is 2.76. The van der Waals surface area contributed by atoms with Gasteiger partial charge in [0.1, 0.15) is 0 Å². The second kappa shape index (κ2) is 5.31. The molecule has 0 bridgehead atoms. The van der Waals surface area contributed by atoms with E-state index in [1.54, 1.807) is 0 Å². The highest BCUT2D eigenvalue weighted by molar-refractivity contribution is 4.89. The number of hydrogen-bond donors (Lipinski definition) is 1. The molecule has 0 amide bonds. The van der Waals surface area contributed by atoms with Crippen molar-refractivity contribution in [3.05, 3.63) is 0 Å². The summed E-state index contributed by atoms with van der Waals surface area (Å²) < 4.78 is 0. The highest BCUT2D eigenvalue weighted by Gasteiger charge is 2.35. The van der Waals surface area contributed by atoms with Gasteiger partial charge in [0.25, 0.3) is 0 Å². The van der Waals surface area contributed by atoms with Crippen LogP contribution in [0, 0.1) is 5.92 Å². The van der Waals surface area contributed by atoms with Crippen LogP contribution in [-0.2, 0) is 0 Å². The molecule has 3 atom stereocenters. The van der Waals surface area contributed by atoms with E-state index < -0.39 is 0 Å². The lowest BCUT2D eigenvalue weighted by atomic mass is 9.81. The molecule has 1 saturated heterocycles. The van der Waals surface area contributed by atoms with E-state index in [-0.39, 0.29) is 0 Å². The molecule has 2 rings (SSSR count). The maximum Gasteiger partial charge on any atom is 0.0586 e. The van der Waals surface area contributed by atoms with Crippen LogP contribution in [0.2, 0.25) is 0 Å². The van der Waals surface area contributed by atoms with Crippen LogP contribution in [0.4, 0.5) is 0 Å². The average molecular weight is 211 g/mol. The molecule has 1 saturated carbocycles. The molecule has 15 heavy (non-hydrogen) atoms. The van der Waals surface area contributed by atoms with Gasteiger partial charge in [-0.1, -0.05) is 26.2 Å². The quantitative estimate of drug-likeness (QED) is 0.775. The summed E-state index contributed by atoms with van der Waals surface area (Å²) in [6, 6.07) is 1.26. The van der Waals surface area contributed by atoms with Crippen molar-refractivity contribution < 1.29 is 5.11 Å². The third-order valence-electron chi connectivity index (χ3n) is 4.45. The molecule has 2 fully saturated rings. The van der Waals surface area contributed by atoms with Crippen molar-refractivity contribution in [2.75, 3.05) is 13.2 Å². The first kappa shape index (κ1) is 11.4. The van der Waals surface area contributed by atoms with Gasteiger partial charge >= 0.3 is 0 Å². The van der Waals surface area contributed by atoms with E-state index >= 15 is 0 Å². The molecular weight excluding hydrogens is 186 g/mol. The van der Waals surface area contributed by atoms with E-state index in [9.17, 15) is 5.11 Å². The minimum atomic E-state index is 0.368. The van der Waals surface area contributed by atoms with Gasteiger partial charge in [-0.25, -0.2) is 0 Å². The van der Waals surface area contributed by atoms with Crippen molar-refractivity contribution in [3.63, 3.8) is 0 Å². The van der Waals surface area contributed by atoms with Gasteiger partial charge in [-0.05, 0) is 38.1 Å². The van der Waals surface area contributed by atoms with Crippen LogP contribution in [0.3, 0.4) is 0 Å². The van der Waals surface area contributed by atoms with E-state index in [1.807, 2.05) is 0 Å². The van der Waals surface area contributed by atoms with Crippen molar-refractivity contribution in [1.29, 1.82) is 0 Å². The number of aliphatic hydroxyl groups is 1. The number of nitrogens with zero attached hydrogens (tertiary/aromatic N) is 1. The van der Waals surface area contributed by atoms with E-state index in [4.69, 9.17) is 0 Å². The lowest BCUT2D eigenvalue weighted by molar-refractivity contribution is 0.0623. The Morgan fingerprint density at radius 3 is 2.67 bits per heavy atom. The van der Waals surface area contributed by atoms with Gasteiger partial charge < -0.3 is 5.11 Å². The van der Waals surface area contributed by atoms with E-state index in [0.717, 1.165) is 12.0 Å². The molecule has 88 valence electrons. The highest BCUT2D eigenvalue weighted by atomic mass is 16.3. The summed E-state index contributed by atoms with van der Waals surface area (Å²) in [6.07, 6.45) is 9.42. The molecule has 1 heterocycles. The van der Waals surface area contributed by atoms with Gasteiger partial charge in [0.15, 0.2) is 0 Å². The van der Waals surface area contributed by atoms with Crippen molar-refractivity contribution in [1.82, 2.24) is 4.90 Å². The Hall–Kier alpha value is -0.0800. The Morgan fingerprint density at radius 2 is 1.93 bits per heavy atom. The molecule has 0 radical (unpaired) electrons. The fraction of sp³-hybridized carbons (Fsp3) is 1.00. The first-order valence-corrected chi connectivity index (χ1v) is 6.73. The van der Waals surface area contributed by atoms with E-state index in [2.05, 4.69) is 11.8 Å². The largest absolute Gasteiger partial charge is 0.395 e. The summed E-state index contributed by atoms with van der Waals surface area (Å²) in [6.45, 7) is 3.92. The Morgan fingerprint density at radius 1 is 1.13 bits per heavy atom. The standard InChI is InChI=1S/C13H25NO/c1-2-11-6-3-4-8-13(11)14-9-5-7-12(14)10-15/h11-13,15H,2-10H2,1H3. The molecule has 0 aromatic heterocycles. The monoisotopic (exact) mass is 211 g/mol. The molecule has 1 aliphatic carbocycles. The van der Waals surface area contributed by atoms with Gasteiger partial charge in [0.2, 0.25) is 0 Å². The van der Waals surface area contributed by atoms with Gasteiger partial charge in [-0.2, -0.15) is 0 Å². The zero-order chi connectivity index (χ0) is 10.7. The molecule has 2 heteroatoms. The summed E-state index contributed by atoms with van der Waals surface area (Å²) in [5.41, 5.74) is 0. The van der Waals surface area contributed by atoms with Crippen molar-refractivity contribution in [2.45, 2.75) is 64.0 Å². The van der Waals surface area contributed by atoms with Crippen molar-refractivity contribution in [2.24, 2.45) is 5.92 Å². The maximum absolute atomic E-state index is 9.38. The van der Waals surface area contributed by atoms with Crippen LogP contribution in [0.1, 0.15) is 51.9 Å². The number of aliphatic hydroxyl groups excluding tert-OH is 1. The second-order valence-electron chi connectivity index (χ2n) is 5.24. The SMILES string of the molecule is CCC1CCCCC1N1CCCC1CO. The van der Waals surface area contributed by atoms with Crippen molar-refractivity contribution >= 4 is 0 Å². The minimum absolute atomic E-state index is 0.368. The van der Waals surface area contributed by atoms with Crippen molar-refractivity contribution in [3.8, 4) is 0 Å². The topological polar surface area (TPSA) is 23.5 Å². The fourth-order valence-corrected chi connectivity index (χ4v) is 3.59. The zero-order valence-electron chi connectivity index (χ0n) is 9.99. The van der Waals surface area contributed by atoms with Crippen LogP contribution < -0.4 is 0 Å². The minimum Gasteiger partial charge on any atom is -0.395 e. The Balaban J connectivity index is 1.99. The van der Waals surface area contributed by atoms with Gasteiger partial charge in [-0.15, -0.1) is 0 Å². The summed E-state index contributed by atoms with van der Waals surface area (Å²) >= 11 is 0. The lowest BCUT2D eigenvalue weighted by Gasteiger charge is -2.40. The van der Waals surface area contributed by atoms with Gasteiger partial charge in [0.05, 0.1) is 6.61 Å². The van der Waals surface area contributed by atoms with Crippen LogP contribution in [-0.4, -0.2) is 35.2 Å². The summed E-state index contributed by atoms with van der Waals surface area (Å²) in [5, 5.41) is 9.38. The molecule has 2 aliphatic rings. The molecule has 2 nitrogen and oxygen atoms in total. The second-order valence-corrected chi connectivity index (χ2v) is 5.24. The van der Waals surface area contributed by atoms with E-state index in [1.165, 1.54) is 51.5 Å². The predicted octanol–water partition coefficient (Wildman–Crippen LogP) is 2.41. The Bertz CT molecular complexity index is 195. The maximum atomic E-state index is 9.38. The third kappa shape index (κ3) is 2.36. The summed E-state index contributed by atoms with van der Waals surface area (Å²) in [4.78, 5) is 2.62. The first-order valence-electron chi connectivity index (χ1n) is 6.73. The summed E-state index contributed by atoms with van der Waals surface area (Å²) in [7, 11) is 0. The molecule has 3 unspecified atom stereocenters. The zero-order valence-corrected chi connectivity index (χ0v) is 9.99. The molecule has 1 N–H and O–H groups in total. The van der Waals surface area contributed by atoms with Crippen LogP contribution >= 0.6 is 0 Å². The summed E-state index contributed by atoms with van der Waals surface area (Å²) in [5.74, 6) is 0.894. The highest BCUT2D eigenvalue weighted by Crippen LogP contribution is 2.34. The van der Waals surface area contributed by atoms with Gasteiger partial charge in [-0.3, -0.25) is 4.90 Å². The molecule has 0 aromatic rings. The van der Waals surface area contributed by atoms with E-state index in [0.29, 0.717) is 12.6 Å². The van der Waals surface area contributed by atoms with Gasteiger partial charge in [0, 0.05) is 12.1 Å². The number of likely N-dealkylation sites (tertiary alicyclic amines) is 1. The fourth-order valence-electron chi connectivity index (χ4n) is 3.59. The first-order chi connectivity index (χ1) is 7.36.